The summed E-state index contributed by atoms with van der Waals surface area (Å²) in [5.74, 6) is 0.245. The Balaban J connectivity index is 1.75. The number of hydrogen-bond donors (Lipinski definition) is 0. The van der Waals surface area contributed by atoms with Gasteiger partial charge in [-0.05, 0) is 36.8 Å². The van der Waals surface area contributed by atoms with Crippen LogP contribution in [0, 0.1) is 6.92 Å². The Bertz CT molecular complexity index is 1230. The van der Waals surface area contributed by atoms with E-state index in [1.165, 1.54) is 6.07 Å². The highest BCUT2D eigenvalue weighted by Gasteiger charge is 2.24. The molecule has 1 atom stereocenters. The Morgan fingerprint density at radius 3 is 2.41 bits per heavy atom. The highest BCUT2D eigenvalue weighted by Crippen LogP contribution is 2.29. The molecule has 0 spiro atoms. The number of hydrogen-bond acceptors (Lipinski definition) is 4. The van der Waals surface area contributed by atoms with Crippen molar-refractivity contribution in [3.63, 3.8) is 0 Å². The largest absolute Gasteiger partial charge is 0.477 e. The quantitative estimate of drug-likeness (QED) is 0.313. The third kappa shape index (κ3) is 4.08. The molecule has 0 radical (unpaired) electrons. The van der Waals surface area contributed by atoms with Crippen molar-refractivity contribution in [2.24, 2.45) is 0 Å². The summed E-state index contributed by atoms with van der Waals surface area (Å²) in [6, 6.07) is 22.6. The average molecular weight is 405 g/mol. The smallest absolute Gasteiger partial charge is 0.336 e. The molecule has 144 valence electrons. The van der Waals surface area contributed by atoms with Gasteiger partial charge in [-0.2, -0.15) is 0 Å². The van der Waals surface area contributed by atoms with Crippen LogP contribution in [-0.2, 0) is 0 Å². The van der Waals surface area contributed by atoms with E-state index >= 15 is 0 Å². The molecule has 4 nitrogen and oxygen atoms in total. The van der Waals surface area contributed by atoms with Crippen LogP contribution in [0.4, 0.5) is 0 Å². The lowest BCUT2D eigenvalue weighted by atomic mass is 9.99. The molecule has 0 saturated heterocycles. The second kappa shape index (κ2) is 7.94. The molecule has 1 heterocycles. The molecule has 0 aliphatic heterocycles. The Hall–Kier alpha value is -3.37. The SMILES string of the molecule is Cc1cc(=O)oc2cc(O[C@@H](C(=O)c3ccccc3)c3ccc(Cl)cc3)ccc12. The summed E-state index contributed by atoms with van der Waals surface area (Å²) >= 11 is 6.00. The van der Waals surface area contributed by atoms with Crippen LogP contribution < -0.4 is 10.4 Å². The van der Waals surface area contributed by atoms with E-state index in [0.29, 0.717) is 27.5 Å². The summed E-state index contributed by atoms with van der Waals surface area (Å²) in [6.07, 6.45) is -0.872. The molecule has 0 aliphatic carbocycles. The van der Waals surface area contributed by atoms with Crippen LogP contribution in [0.1, 0.15) is 27.6 Å². The minimum atomic E-state index is -0.872. The van der Waals surface area contributed by atoms with Gasteiger partial charge >= 0.3 is 5.63 Å². The number of carbonyl (C=O) groups is 1. The molecular formula is C24H17ClO4. The van der Waals surface area contributed by atoms with Crippen LogP contribution in [0.5, 0.6) is 5.75 Å². The first-order valence-electron chi connectivity index (χ1n) is 9.07. The van der Waals surface area contributed by atoms with Crippen LogP contribution in [0.2, 0.25) is 5.02 Å². The molecule has 0 amide bonds. The Kier molecular flexibility index (Phi) is 5.19. The van der Waals surface area contributed by atoms with Crippen LogP contribution in [0.3, 0.4) is 0 Å². The minimum Gasteiger partial charge on any atom is -0.477 e. The van der Waals surface area contributed by atoms with E-state index in [0.717, 1.165) is 10.9 Å². The van der Waals surface area contributed by atoms with E-state index < -0.39 is 11.7 Å². The fourth-order valence-electron chi connectivity index (χ4n) is 3.18. The Morgan fingerprint density at radius 2 is 1.69 bits per heavy atom. The van der Waals surface area contributed by atoms with E-state index in [1.807, 2.05) is 19.1 Å². The molecule has 0 fully saturated rings. The van der Waals surface area contributed by atoms with Gasteiger partial charge in [0.05, 0.1) is 0 Å². The minimum absolute atomic E-state index is 0.182. The van der Waals surface area contributed by atoms with Crippen molar-refractivity contribution in [1.82, 2.24) is 0 Å². The number of halogens is 1. The Labute approximate surface area is 172 Å². The number of fused-ring (bicyclic) bond motifs is 1. The number of carbonyl (C=O) groups excluding carboxylic acids is 1. The predicted molar refractivity (Wildman–Crippen MR) is 113 cm³/mol. The zero-order chi connectivity index (χ0) is 20.4. The zero-order valence-electron chi connectivity index (χ0n) is 15.6. The first kappa shape index (κ1) is 19.0. The molecule has 29 heavy (non-hydrogen) atoms. The molecule has 4 aromatic rings. The predicted octanol–water partition coefficient (Wildman–Crippen LogP) is 5.76. The molecule has 0 saturated carbocycles. The fraction of sp³-hybridized carbons (Fsp3) is 0.0833. The third-order valence-electron chi connectivity index (χ3n) is 4.65. The summed E-state index contributed by atoms with van der Waals surface area (Å²) in [7, 11) is 0. The highest BCUT2D eigenvalue weighted by molar-refractivity contribution is 6.30. The molecular weight excluding hydrogens is 388 g/mol. The topological polar surface area (TPSA) is 56.5 Å². The van der Waals surface area contributed by atoms with Gasteiger partial charge in [0.1, 0.15) is 11.3 Å². The second-order valence-corrected chi connectivity index (χ2v) is 7.12. The van der Waals surface area contributed by atoms with E-state index in [4.69, 9.17) is 20.8 Å². The number of Topliss-reactive ketones (excluding diaryl/α,β-unsaturated/α-hetero) is 1. The lowest BCUT2D eigenvalue weighted by Gasteiger charge is -2.19. The molecule has 0 aliphatic rings. The van der Waals surface area contributed by atoms with Crippen molar-refractivity contribution >= 4 is 28.4 Å². The van der Waals surface area contributed by atoms with Crippen molar-refractivity contribution in [1.29, 1.82) is 0 Å². The number of ketones is 1. The molecule has 0 N–H and O–H groups in total. The fourth-order valence-corrected chi connectivity index (χ4v) is 3.30. The zero-order valence-corrected chi connectivity index (χ0v) is 16.3. The summed E-state index contributed by atoms with van der Waals surface area (Å²) < 4.78 is 11.4. The van der Waals surface area contributed by atoms with E-state index in [2.05, 4.69) is 0 Å². The third-order valence-corrected chi connectivity index (χ3v) is 4.90. The molecule has 1 aromatic heterocycles. The summed E-state index contributed by atoms with van der Waals surface area (Å²) in [5, 5.41) is 1.39. The summed E-state index contributed by atoms with van der Waals surface area (Å²) in [5.41, 5.74) is 2.01. The van der Waals surface area contributed by atoms with Gasteiger partial charge < -0.3 is 9.15 Å². The number of rotatable bonds is 5. The van der Waals surface area contributed by atoms with Crippen molar-refractivity contribution in [2.45, 2.75) is 13.0 Å². The molecule has 0 bridgehead atoms. The van der Waals surface area contributed by atoms with Crippen LogP contribution in [-0.4, -0.2) is 5.78 Å². The van der Waals surface area contributed by atoms with Crippen molar-refractivity contribution in [3.8, 4) is 5.75 Å². The van der Waals surface area contributed by atoms with E-state index in [1.54, 1.807) is 60.7 Å². The standard InChI is InChI=1S/C24H17ClO4/c1-15-13-22(26)29-21-14-19(11-12-20(15)21)28-24(17-7-9-18(25)10-8-17)23(27)16-5-3-2-4-6-16/h2-14,24H,1H3/t24-/m1/s1. The van der Waals surface area contributed by atoms with Gasteiger partial charge in [-0.3, -0.25) is 4.79 Å². The van der Waals surface area contributed by atoms with Gasteiger partial charge in [0.2, 0.25) is 5.78 Å². The van der Waals surface area contributed by atoms with Gasteiger partial charge in [0.25, 0.3) is 0 Å². The maximum atomic E-state index is 13.2. The van der Waals surface area contributed by atoms with E-state index in [9.17, 15) is 9.59 Å². The summed E-state index contributed by atoms with van der Waals surface area (Å²) in [6.45, 7) is 1.84. The monoisotopic (exact) mass is 404 g/mol. The second-order valence-electron chi connectivity index (χ2n) is 6.69. The summed E-state index contributed by atoms with van der Waals surface area (Å²) in [4.78, 5) is 24.9. The maximum Gasteiger partial charge on any atom is 0.336 e. The molecule has 3 aromatic carbocycles. The van der Waals surface area contributed by atoms with Crippen molar-refractivity contribution in [2.75, 3.05) is 0 Å². The number of aryl methyl sites for hydroxylation is 1. The van der Waals surface area contributed by atoms with Gasteiger partial charge in [-0.1, -0.05) is 54.1 Å². The first-order valence-corrected chi connectivity index (χ1v) is 9.45. The van der Waals surface area contributed by atoms with E-state index in [-0.39, 0.29) is 5.78 Å². The normalized spacial score (nSPS) is 11.9. The number of benzene rings is 3. The highest BCUT2D eigenvalue weighted by atomic mass is 35.5. The van der Waals surface area contributed by atoms with Crippen LogP contribution in [0.25, 0.3) is 11.0 Å². The lowest BCUT2D eigenvalue weighted by Crippen LogP contribution is -2.19. The van der Waals surface area contributed by atoms with Crippen molar-refractivity contribution < 1.29 is 13.9 Å². The van der Waals surface area contributed by atoms with Crippen molar-refractivity contribution in [3.05, 3.63) is 111 Å². The molecule has 5 heteroatoms. The average Bonchev–Trinajstić information content (AvgIpc) is 2.72. The van der Waals surface area contributed by atoms with Gasteiger partial charge in [0.15, 0.2) is 6.10 Å². The van der Waals surface area contributed by atoms with Gasteiger partial charge in [-0.25, -0.2) is 4.79 Å². The molecule has 0 unspecified atom stereocenters. The van der Waals surface area contributed by atoms with Crippen LogP contribution in [0.15, 0.2) is 88.1 Å². The lowest BCUT2D eigenvalue weighted by molar-refractivity contribution is 0.0792. The Morgan fingerprint density at radius 1 is 0.966 bits per heavy atom. The maximum absolute atomic E-state index is 13.2. The number of ether oxygens (including phenoxy) is 1. The molecule has 4 rings (SSSR count). The van der Waals surface area contributed by atoms with Gasteiger partial charge in [0, 0.05) is 33.7 Å². The van der Waals surface area contributed by atoms with Gasteiger partial charge in [-0.15, -0.1) is 0 Å². The van der Waals surface area contributed by atoms with Crippen LogP contribution >= 0.6 is 11.6 Å². The first-order chi connectivity index (χ1) is 14.0.